The molecular weight excluding hydrogens is 404 g/mol. The highest BCUT2D eigenvalue weighted by Gasteiger charge is 2.18. The highest BCUT2D eigenvalue weighted by atomic mass is 16.4. The largest absolute Gasteiger partial charge is 0.481 e. The number of nitrogen functional groups attached to an aromatic ring is 1. The van der Waals surface area contributed by atoms with E-state index >= 15 is 0 Å². The average molecular weight is 435 g/mol. The standard InChI is InChI=1S/C25H30N4O3/c1-4-14-29(23(30)11-12-24(31)32)22-16-17(2)20(15-18(22)3)6-5-13-28-21-9-7-19(8-10-21)25(26)27/h7-10,15-16,28H,4,11-14H2,1-3H3,(H3,26,27)(H,31,32). The van der Waals surface area contributed by atoms with Crippen molar-refractivity contribution in [1.82, 2.24) is 0 Å². The van der Waals surface area contributed by atoms with Crippen LogP contribution < -0.4 is 16.0 Å². The summed E-state index contributed by atoms with van der Waals surface area (Å²) in [4.78, 5) is 25.1. The number of aliphatic carboxylic acids is 1. The van der Waals surface area contributed by atoms with Crippen molar-refractivity contribution < 1.29 is 14.7 Å². The van der Waals surface area contributed by atoms with Crippen molar-refractivity contribution in [2.45, 2.75) is 40.0 Å². The van der Waals surface area contributed by atoms with E-state index in [1.165, 1.54) is 0 Å². The van der Waals surface area contributed by atoms with Gasteiger partial charge in [0, 0.05) is 35.5 Å². The molecule has 7 nitrogen and oxygen atoms in total. The molecule has 2 aromatic carbocycles. The predicted octanol–water partition coefficient (Wildman–Crippen LogP) is 3.66. The minimum atomic E-state index is -0.975. The normalized spacial score (nSPS) is 10.1. The van der Waals surface area contributed by atoms with Crippen LogP contribution in [0.5, 0.6) is 0 Å². The second-order valence-electron chi connectivity index (χ2n) is 7.54. The SMILES string of the molecule is CCCN(C(=O)CCC(=O)O)c1cc(C)c(C#CCNc2ccc(C(=N)N)cc2)cc1C. The molecule has 0 heterocycles. The minimum absolute atomic E-state index is 0.0194. The van der Waals surface area contributed by atoms with Crippen LogP contribution in [0.15, 0.2) is 36.4 Å². The van der Waals surface area contributed by atoms with Gasteiger partial charge in [0.2, 0.25) is 5.91 Å². The molecule has 0 radical (unpaired) electrons. The number of rotatable bonds is 9. The van der Waals surface area contributed by atoms with Crippen molar-refractivity contribution in [3.8, 4) is 11.8 Å². The van der Waals surface area contributed by atoms with Gasteiger partial charge in [0.1, 0.15) is 5.84 Å². The summed E-state index contributed by atoms with van der Waals surface area (Å²) in [6.07, 6.45) is 0.581. The maximum atomic E-state index is 12.6. The second-order valence-corrected chi connectivity index (χ2v) is 7.54. The molecule has 0 aliphatic heterocycles. The van der Waals surface area contributed by atoms with E-state index in [0.717, 1.165) is 34.5 Å². The lowest BCUT2D eigenvalue weighted by atomic mass is 10.0. The van der Waals surface area contributed by atoms with Gasteiger partial charge in [-0.25, -0.2) is 0 Å². The summed E-state index contributed by atoms with van der Waals surface area (Å²) < 4.78 is 0. The first kappa shape index (κ1) is 24.5. The average Bonchev–Trinajstić information content (AvgIpc) is 2.75. The first-order valence-electron chi connectivity index (χ1n) is 10.5. The molecule has 0 spiro atoms. The van der Waals surface area contributed by atoms with Crippen molar-refractivity contribution in [2.24, 2.45) is 5.73 Å². The number of carboxylic acid groups (broad SMARTS) is 1. The summed E-state index contributed by atoms with van der Waals surface area (Å²) in [5.74, 6) is 5.16. The first-order valence-corrected chi connectivity index (χ1v) is 10.5. The number of nitrogens with one attached hydrogen (secondary N) is 2. The van der Waals surface area contributed by atoms with Crippen molar-refractivity contribution >= 4 is 29.1 Å². The van der Waals surface area contributed by atoms with E-state index in [1.807, 2.05) is 45.0 Å². The van der Waals surface area contributed by atoms with Gasteiger partial charge in [-0.05, 0) is 67.8 Å². The Labute approximate surface area is 189 Å². The van der Waals surface area contributed by atoms with Crippen molar-refractivity contribution in [3.05, 3.63) is 58.7 Å². The second kappa shape index (κ2) is 11.6. The number of nitrogens with two attached hydrogens (primary N) is 1. The number of hydrogen-bond acceptors (Lipinski definition) is 4. The maximum absolute atomic E-state index is 12.6. The van der Waals surface area contributed by atoms with Crippen LogP contribution in [0.4, 0.5) is 11.4 Å². The molecule has 5 N–H and O–H groups in total. The summed E-state index contributed by atoms with van der Waals surface area (Å²) >= 11 is 0. The smallest absolute Gasteiger partial charge is 0.303 e. The number of carboxylic acids is 1. The molecular formula is C25H30N4O3. The number of nitrogens with zero attached hydrogens (tertiary/aromatic N) is 1. The number of amides is 1. The molecule has 2 rings (SSSR count). The molecule has 0 unspecified atom stereocenters. The lowest BCUT2D eigenvalue weighted by Crippen LogP contribution is -2.32. The molecule has 0 aromatic heterocycles. The quantitative estimate of drug-likeness (QED) is 0.273. The Morgan fingerprint density at radius 2 is 1.81 bits per heavy atom. The van der Waals surface area contributed by atoms with Crippen LogP contribution in [0.25, 0.3) is 0 Å². The third kappa shape index (κ3) is 6.88. The number of benzene rings is 2. The maximum Gasteiger partial charge on any atom is 0.303 e. The zero-order valence-corrected chi connectivity index (χ0v) is 18.8. The Kier molecular flexibility index (Phi) is 8.84. The van der Waals surface area contributed by atoms with Gasteiger partial charge in [-0.2, -0.15) is 0 Å². The molecule has 0 aliphatic carbocycles. The number of anilines is 2. The van der Waals surface area contributed by atoms with E-state index in [4.69, 9.17) is 16.2 Å². The fourth-order valence-corrected chi connectivity index (χ4v) is 3.23. The molecule has 0 saturated heterocycles. The van der Waals surface area contributed by atoms with Gasteiger partial charge in [0.05, 0.1) is 13.0 Å². The number of carbonyl (C=O) groups is 2. The van der Waals surface area contributed by atoms with Crippen LogP contribution in [0, 0.1) is 31.1 Å². The Bertz CT molecular complexity index is 1050. The molecule has 7 heteroatoms. The summed E-state index contributed by atoms with van der Waals surface area (Å²) in [7, 11) is 0. The van der Waals surface area contributed by atoms with Gasteiger partial charge < -0.3 is 21.1 Å². The van der Waals surface area contributed by atoms with E-state index in [2.05, 4.69) is 17.2 Å². The third-order valence-corrected chi connectivity index (χ3v) is 4.93. The van der Waals surface area contributed by atoms with Crippen molar-refractivity contribution in [3.63, 3.8) is 0 Å². The van der Waals surface area contributed by atoms with Crippen molar-refractivity contribution in [2.75, 3.05) is 23.3 Å². The van der Waals surface area contributed by atoms with Gasteiger partial charge >= 0.3 is 5.97 Å². The highest BCUT2D eigenvalue weighted by molar-refractivity contribution is 5.96. The fourth-order valence-electron chi connectivity index (χ4n) is 3.23. The number of carbonyl (C=O) groups excluding carboxylic acids is 1. The molecule has 0 saturated carbocycles. The molecule has 0 atom stereocenters. The minimum Gasteiger partial charge on any atom is -0.481 e. The molecule has 0 aliphatic rings. The highest BCUT2D eigenvalue weighted by Crippen LogP contribution is 2.25. The summed E-state index contributed by atoms with van der Waals surface area (Å²) in [6, 6.07) is 11.2. The molecule has 0 bridgehead atoms. The van der Waals surface area contributed by atoms with Crippen molar-refractivity contribution in [1.29, 1.82) is 5.41 Å². The molecule has 1 amide bonds. The number of hydrogen-bond donors (Lipinski definition) is 4. The lowest BCUT2D eigenvalue weighted by Gasteiger charge is -2.25. The third-order valence-electron chi connectivity index (χ3n) is 4.93. The van der Waals surface area contributed by atoms with Crippen LogP contribution in [-0.4, -0.2) is 35.9 Å². The van der Waals surface area contributed by atoms with E-state index in [9.17, 15) is 9.59 Å². The summed E-state index contributed by atoms with van der Waals surface area (Å²) in [5, 5.41) is 19.5. The molecule has 2 aromatic rings. The van der Waals surface area contributed by atoms with E-state index < -0.39 is 5.97 Å². The monoisotopic (exact) mass is 434 g/mol. The number of aryl methyl sites for hydroxylation is 2. The van der Waals surface area contributed by atoms with Gasteiger partial charge in [0.15, 0.2) is 0 Å². The zero-order valence-electron chi connectivity index (χ0n) is 18.8. The first-order chi connectivity index (χ1) is 15.2. The Morgan fingerprint density at radius 1 is 1.12 bits per heavy atom. The molecule has 32 heavy (non-hydrogen) atoms. The Morgan fingerprint density at radius 3 is 2.41 bits per heavy atom. The fraction of sp³-hybridized carbons (Fsp3) is 0.320. The van der Waals surface area contributed by atoms with Crippen LogP contribution in [-0.2, 0) is 9.59 Å². The number of amidine groups is 1. The van der Waals surface area contributed by atoms with E-state index in [1.54, 1.807) is 17.0 Å². The van der Waals surface area contributed by atoms with Gasteiger partial charge in [-0.15, -0.1) is 0 Å². The molecule has 0 fully saturated rings. The topological polar surface area (TPSA) is 120 Å². The van der Waals surface area contributed by atoms with E-state index in [0.29, 0.717) is 18.7 Å². The Balaban J connectivity index is 2.11. The van der Waals surface area contributed by atoms with E-state index in [-0.39, 0.29) is 24.6 Å². The molecule has 168 valence electrons. The van der Waals surface area contributed by atoms with Gasteiger partial charge in [-0.1, -0.05) is 18.8 Å². The van der Waals surface area contributed by atoms with Crippen LogP contribution in [0.1, 0.15) is 48.4 Å². The zero-order chi connectivity index (χ0) is 23.7. The van der Waals surface area contributed by atoms with Crippen LogP contribution in [0.2, 0.25) is 0 Å². The van der Waals surface area contributed by atoms with Crippen LogP contribution in [0.3, 0.4) is 0 Å². The summed E-state index contributed by atoms with van der Waals surface area (Å²) in [5.41, 5.74) is 10.6. The van der Waals surface area contributed by atoms with Gasteiger partial charge in [0.25, 0.3) is 0 Å². The van der Waals surface area contributed by atoms with Crippen LogP contribution >= 0.6 is 0 Å². The Hall–Kier alpha value is -3.79. The lowest BCUT2D eigenvalue weighted by molar-refractivity contribution is -0.138. The summed E-state index contributed by atoms with van der Waals surface area (Å²) in [6.45, 7) is 6.86. The predicted molar refractivity (Wildman–Crippen MR) is 128 cm³/mol. The van der Waals surface area contributed by atoms with Gasteiger partial charge in [-0.3, -0.25) is 15.0 Å².